The van der Waals surface area contributed by atoms with Crippen molar-refractivity contribution in [3.63, 3.8) is 0 Å². The number of hydrogen-bond donors (Lipinski definition) is 1. The van der Waals surface area contributed by atoms with Gasteiger partial charge in [0.05, 0.1) is 12.7 Å². The number of esters is 1. The van der Waals surface area contributed by atoms with E-state index in [0.29, 0.717) is 39.2 Å². The minimum Gasteiger partial charge on any atom is -0.488 e. The smallest absolute Gasteiger partial charge is 0.337 e. The third kappa shape index (κ3) is 7.42. The van der Waals surface area contributed by atoms with E-state index in [1.54, 1.807) is 48.5 Å². The second-order valence-corrected chi connectivity index (χ2v) is 8.11. The molecule has 0 atom stereocenters. The highest BCUT2D eigenvalue weighted by atomic mass is 32.2. The second kappa shape index (κ2) is 12.3. The van der Waals surface area contributed by atoms with E-state index in [-0.39, 0.29) is 12.2 Å². The molecule has 3 aromatic carbocycles. The monoisotopic (exact) mass is 494 g/mol. The van der Waals surface area contributed by atoms with E-state index in [1.165, 1.54) is 37.5 Å². The number of carbonyl (C=O) groups excluding carboxylic acids is 2. The van der Waals surface area contributed by atoms with Crippen LogP contribution in [0.15, 0.2) is 83.3 Å². The Labute approximate surface area is 205 Å². The van der Waals surface area contributed by atoms with Crippen LogP contribution >= 0.6 is 11.8 Å². The summed E-state index contributed by atoms with van der Waals surface area (Å²) in [5, 5.41) is 12.1. The zero-order valence-electron chi connectivity index (χ0n) is 18.5. The van der Waals surface area contributed by atoms with Gasteiger partial charge < -0.3 is 14.8 Å². The lowest BCUT2D eigenvalue weighted by Gasteiger charge is -2.10. The van der Waals surface area contributed by atoms with Crippen molar-refractivity contribution in [3.05, 3.63) is 95.1 Å². The molecule has 6 nitrogen and oxygen atoms in total. The first-order valence-corrected chi connectivity index (χ1v) is 11.1. The van der Waals surface area contributed by atoms with E-state index in [2.05, 4.69) is 10.1 Å². The van der Waals surface area contributed by atoms with Crippen LogP contribution in [0.4, 0.5) is 14.5 Å². The third-order valence-electron chi connectivity index (χ3n) is 4.69. The van der Waals surface area contributed by atoms with E-state index in [9.17, 15) is 23.6 Å². The number of methoxy groups -OCH3 is 1. The SMILES string of the molecule is COC(=O)c1ccc(COc2ccccc2/C=C(/C#N)C(=O)Nc2ccc(SC(F)F)cc2)cc1. The van der Waals surface area contributed by atoms with Gasteiger partial charge in [0.2, 0.25) is 0 Å². The van der Waals surface area contributed by atoms with Gasteiger partial charge in [0.1, 0.15) is 24.0 Å². The molecule has 35 heavy (non-hydrogen) atoms. The number of nitriles is 1. The number of nitrogens with zero attached hydrogens (tertiary/aromatic N) is 1. The van der Waals surface area contributed by atoms with Crippen LogP contribution in [0.25, 0.3) is 6.08 Å². The number of ether oxygens (including phenoxy) is 2. The largest absolute Gasteiger partial charge is 0.488 e. The van der Waals surface area contributed by atoms with Gasteiger partial charge in [-0.05, 0) is 54.1 Å². The van der Waals surface area contributed by atoms with Crippen LogP contribution < -0.4 is 10.1 Å². The fourth-order valence-electron chi connectivity index (χ4n) is 2.97. The number of thioether (sulfide) groups is 1. The number of hydrogen-bond acceptors (Lipinski definition) is 6. The second-order valence-electron chi connectivity index (χ2n) is 7.04. The quantitative estimate of drug-likeness (QED) is 0.172. The average Bonchev–Trinajstić information content (AvgIpc) is 2.87. The summed E-state index contributed by atoms with van der Waals surface area (Å²) in [4.78, 5) is 24.5. The summed E-state index contributed by atoms with van der Waals surface area (Å²) < 4.78 is 35.5. The Balaban J connectivity index is 1.70. The molecule has 3 rings (SSSR count). The van der Waals surface area contributed by atoms with Gasteiger partial charge >= 0.3 is 5.97 Å². The van der Waals surface area contributed by atoms with E-state index in [1.807, 2.05) is 6.07 Å². The molecular weight excluding hydrogens is 474 g/mol. The fourth-order valence-corrected chi connectivity index (χ4v) is 3.47. The molecule has 0 radical (unpaired) electrons. The van der Waals surface area contributed by atoms with Gasteiger partial charge in [-0.25, -0.2) is 4.79 Å². The first kappa shape index (κ1) is 25.5. The van der Waals surface area contributed by atoms with Crippen molar-refractivity contribution in [2.24, 2.45) is 0 Å². The van der Waals surface area contributed by atoms with Crippen LogP contribution in [0, 0.1) is 11.3 Å². The topological polar surface area (TPSA) is 88.4 Å². The highest BCUT2D eigenvalue weighted by Crippen LogP contribution is 2.27. The Morgan fingerprint density at radius 1 is 1.06 bits per heavy atom. The Kier molecular flexibility index (Phi) is 8.98. The van der Waals surface area contributed by atoms with Gasteiger partial charge in [0.25, 0.3) is 11.7 Å². The summed E-state index contributed by atoms with van der Waals surface area (Å²) in [6, 6.07) is 21.4. The number of anilines is 1. The van der Waals surface area contributed by atoms with Crippen LogP contribution in [0.3, 0.4) is 0 Å². The molecule has 0 fully saturated rings. The van der Waals surface area contributed by atoms with Crippen molar-refractivity contribution in [1.29, 1.82) is 5.26 Å². The lowest BCUT2D eigenvalue weighted by atomic mass is 10.1. The number of amides is 1. The molecule has 0 aliphatic carbocycles. The van der Waals surface area contributed by atoms with Crippen LogP contribution in [0.5, 0.6) is 5.75 Å². The van der Waals surface area contributed by atoms with Gasteiger partial charge in [-0.2, -0.15) is 14.0 Å². The van der Waals surface area contributed by atoms with E-state index >= 15 is 0 Å². The normalized spacial score (nSPS) is 11.0. The van der Waals surface area contributed by atoms with E-state index < -0.39 is 17.6 Å². The third-order valence-corrected chi connectivity index (χ3v) is 5.41. The lowest BCUT2D eigenvalue weighted by molar-refractivity contribution is -0.112. The maximum atomic E-state index is 12.6. The molecule has 0 heterocycles. The van der Waals surface area contributed by atoms with Crippen molar-refractivity contribution < 1.29 is 27.8 Å². The summed E-state index contributed by atoms with van der Waals surface area (Å²) in [6.45, 7) is 0.198. The Morgan fingerprint density at radius 2 is 1.74 bits per heavy atom. The summed E-state index contributed by atoms with van der Waals surface area (Å²) in [7, 11) is 1.31. The van der Waals surface area contributed by atoms with Gasteiger partial charge in [-0.15, -0.1) is 0 Å². The maximum absolute atomic E-state index is 12.6. The predicted molar refractivity (Wildman–Crippen MR) is 129 cm³/mol. The number of halogens is 2. The zero-order valence-corrected chi connectivity index (χ0v) is 19.4. The number of nitrogens with one attached hydrogen (secondary N) is 1. The van der Waals surface area contributed by atoms with Crippen molar-refractivity contribution >= 4 is 35.4 Å². The number of carbonyl (C=O) groups is 2. The Morgan fingerprint density at radius 3 is 2.37 bits per heavy atom. The Bertz CT molecular complexity index is 1250. The molecule has 1 N–H and O–H groups in total. The average molecular weight is 495 g/mol. The molecule has 0 spiro atoms. The predicted octanol–water partition coefficient (Wildman–Crippen LogP) is 5.91. The highest BCUT2D eigenvalue weighted by molar-refractivity contribution is 7.99. The molecule has 0 saturated carbocycles. The molecule has 0 bridgehead atoms. The standard InChI is InChI=1S/C26H20F2N2O4S/c1-33-25(32)18-8-6-17(7-9-18)16-34-23-5-3-2-4-19(23)14-20(15-29)24(31)30-21-10-12-22(13-11-21)35-26(27)28/h2-14,26H,16H2,1H3,(H,30,31)/b20-14-. The fraction of sp³-hybridized carbons (Fsp3) is 0.115. The highest BCUT2D eigenvalue weighted by Gasteiger charge is 2.12. The summed E-state index contributed by atoms with van der Waals surface area (Å²) >= 11 is 0.402. The molecule has 0 aromatic heterocycles. The van der Waals surface area contributed by atoms with Gasteiger partial charge in [-0.1, -0.05) is 42.1 Å². The zero-order chi connectivity index (χ0) is 25.2. The number of rotatable bonds is 9. The van der Waals surface area contributed by atoms with Crippen molar-refractivity contribution in [1.82, 2.24) is 0 Å². The van der Waals surface area contributed by atoms with Crippen LogP contribution in [0.1, 0.15) is 21.5 Å². The maximum Gasteiger partial charge on any atom is 0.337 e. The van der Waals surface area contributed by atoms with Gasteiger partial charge in [0.15, 0.2) is 0 Å². The first-order valence-electron chi connectivity index (χ1n) is 10.3. The van der Waals surface area contributed by atoms with Crippen LogP contribution in [-0.2, 0) is 16.1 Å². The van der Waals surface area contributed by atoms with E-state index in [4.69, 9.17) is 4.74 Å². The number of alkyl halides is 2. The van der Waals surface area contributed by atoms with Crippen molar-refractivity contribution in [2.45, 2.75) is 17.3 Å². The molecule has 9 heteroatoms. The molecule has 1 amide bonds. The Hall–Kier alpha value is -4.16. The number of benzene rings is 3. The van der Waals surface area contributed by atoms with Crippen LogP contribution in [-0.4, -0.2) is 24.7 Å². The first-order chi connectivity index (χ1) is 16.9. The van der Waals surface area contributed by atoms with Crippen LogP contribution in [0.2, 0.25) is 0 Å². The molecule has 3 aromatic rings. The summed E-state index contributed by atoms with van der Waals surface area (Å²) in [6.07, 6.45) is 1.41. The molecule has 0 saturated heterocycles. The van der Waals surface area contributed by atoms with Crippen molar-refractivity contribution in [2.75, 3.05) is 12.4 Å². The molecule has 178 valence electrons. The van der Waals surface area contributed by atoms with Gasteiger partial charge in [-0.3, -0.25) is 4.79 Å². The molecule has 0 aliphatic heterocycles. The summed E-state index contributed by atoms with van der Waals surface area (Å²) in [5.41, 5.74) is 1.97. The number of para-hydroxylation sites is 1. The molecular formula is C26H20F2N2O4S. The lowest BCUT2D eigenvalue weighted by Crippen LogP contribution is -2.13. The summed E-state index contributed by atoms with van der Waals surface area (Å²) in [5.74, 6) is -3.16. The van der Waals surface area contributed by atoms with E-state index in [0.717, 1.165) is 5.56 Å². The molecule has 0 aliphatic rings. The minimum atomic E-state index is -2.54. The molecule has 0 unspecified atom stereocenters. The minimum absolute atomic E-state index is 0.158. The van der Waals surface area contributed by atoms with Crippen molar-refractivity contribution in [3.8, 4) is 11.8 Å². The van der Waals surface area contributed by atoms with Gasteiger partial charge in [0, 0.05) is 16.1 Å².